The normalized spacial score (nSPS) is 24.5. The number of halogens is 1. The quantitative estimate of drug-likeness (QED) is 0.771. The molecule has 1 fully saturated rings. The molecule has 1 aliphatic heterocycles. The zero-order valence-electron chi connectivity index (χ0n) is 7.33. The van der Waals surface area contributed by atoms with Gasteiger partial charge in [-0.1, -0.05) is 15.9 Å². The van der Waals surface area contributed by atoms with E-state index in [1.165, 1.54) is 0 Å². The minimum absolute atomic E-state index is 0.0489. The number of nitrogens with one attached hydrogen (secondary N) is 1. The number of sulfonamides is 1. The number of hydrogen-bond acceptors (Lipinski definition) is 3. The van der Waals surface area contributed by atoms with Crippen molar-refractivity contribution in [3.8, 4) is 0 Å². The minimum atomic E-state index is -3.13. The van der Waals surface area contributed by atoms with Gasteiger partial charge in [0.2, 0.25) is 10.0 Å². The van der Waals surface area contributed by atoms with Gasteiger partial charge in [-0.15, -0.1) is 0 Å². The van der Waals surface area contributed by atoms with Crippen molar-refractivity contribution in [1.82, 2.24) is 4.72 Å². The topological polar surface area (TPSA) is 55.4 Å². The fourth-order valence-corrected chi connectivity index (χ4v) is 2.23. The van der Waals surface area contributed by atoms with Crippen molar-refractivity contribution in [3.63, 3.8) is 0 Å². The SMILES string of the molecule is O=S(=O)(CBr)NCC1CCCCO1. The summed E-state index contributed by atoms with van der Waals surface area (Å²) in [7, 11) is -3.13. The number of rotatable bonds is 4. The summed E-state index contributed by atoms with van der Waals surface area (Å²) in [6, 6.07) is 0. The van der Waals surface area contributed by atoms with Crippen LogP contribution in [0.15, 0.2) is 0 Å². The molecule has 0 bridgehead atoms. The maximum absolute atomic E-state index is 11.0. The summed E-state index contributed by atoms with van der Waals surface area (Å²) in [6.07, 6.45) is 3.22. The van der Waals surface area contributed by atoms with Gasteiger partial charge in [0.05, 0.1) is 6.10 Å². The molecule has 1 N–H and O–H groups in total. The Morgan fingerprint density at radius 1 is 1.46 bits per heavy atom. The maximum Gasteiger partial charge on any atom is 0.221 e. The Bertz CT molecular complexity index is 236. The molecule has 0 radical (unpaired) electrons. The van der Waals surface area contributed by atoms with Crippen LogP contribution in [-0.2, 0) is 14.8 Å². The lowest BCUT2D eigenvalue weighted by molar-refractivity contribution is 0.0200. The first-order chi connectivity index (χ1) is 6.14. The lowest BCUT2D eigenvalue weighted by Gasteiger charge is -2.22. The fourth-order valence-electron chi connectivity index (χ4n) is 1.23. The molecule has 4 nitrogen and oxygen atoms in total. The van der Waals surface area contributed by atoms with Gasteiger partial charge < -0.3 is 4.74 Å². The first-order valence-corrected chi connectivity index (χ1v) is 7.06. The van der Waals surface area contributed by atoms with E-state index in [0.29, 0.717) is 6.54 Å². The molecule has 1 saturated heterocycles. The van der Waals surface area contributed by atoms with Crippen LogP contribution >= 0.6 is 15.9 Å². The summed E-state index contributed by atoms with van der Waals surface area (Å²) < 4.78 is 29.9. The molecule has 1 atom stereocenters. The second-order valence-electron chi connectivity index (χ2n) is 3.06. The highest BCUT2D eigenvalue weighted by molar-refractivity contribution is 9.10. The van der Waals surface area contributed by atoms with Crippen LogP contribution in [-0.4, -0.2) is 32.3 Å². The van der Waals surface area contributed by atoms with E-state index in [9.17, 15) is 8.42 Å². The summed E-state index contributed by atoms with van der Waals surface area (Å²) in [5, 5.41) is 0. The molecule has 0 aromatic heterocycles. The zero-order valence-corrected chi connectivity index (χ0v) is 9.73. The third-order valence-corrected chi connectivity index (χ3v) is 4.65. The molecule has 0 spiro atoms. The van der Waals surface area contributed by atoms with Crippen LogP contribution in [0.2, 0.25) is 0 Å². The molecule has 78 valence electrons. The molecule has 1 heterocycles. The Morgan fingerprint density at radius 3 is 2.77 bits per heavy atom. The molecule has 0 saturated carbocycles. The van der Waals surface area contributed by atoms with Crippen LogP contribution in [0.1, 0.15) is 19.3 Å². The zero-order chi connectivity index (χ0) is 9.73. The lowest BCUT2D eigenvalue weighted by Crippen LogP contribution is -2.35. The van der Waals surface area contributed by atoms with E-state index in [-0.39, 0.29) is 10.8 Å². The van der Waals surface area contributed by atoms with E-state index in [1.54, 1.807) is 0 Å². The summed E-state index contributed by atoms with van der Waals surface area (Å²) in [4.78, 5) is 0. The van der Waals surface area contributed by atoms with Gasteiger partial charge in [-0.25, -0.2) is 13.1 Å². The van der Waals surface area contributed by atoms with E-state index in [4.69, 9.17) is 4.74 Å². The van der Waals surface area contributed by atoms with Gasteiger partial charge in [0.15, 0.2) is 0 Å². The van der Waals surface area contributed by atoms with Gasteiger partial charge in [-0.05, 0) is 19.3 Å². The number of ether oxygens (including phenoxy) is 1. The van der Waals surface area contributed by atoms with Crippen molar-refractivity contribution in [2.24, 2.45) is 0 Å². The van der Waals surface area contributed by atoms with E-state index in [2.05, 4.69) is 20.7 Å². The smallest absolute Gasteiger partial charge is 0.221 e. The third-order valence-electron chi connectivity index (χ3n) is 1.95. The molecule has 13 heavy (non-hydrogen) atoms. The second-order valence-corrected chi connectivity index (χ2v) is 6.17. The van der Waals surface area contributed by atoms with E-state index in [0.717, 1.165) is 25.9 Å². The molecule has 1 unspecified atom stereocenters. The first-order valence-electron chi connectivity index (χ1n) is 4.29. The van der Waals surface area contributed by atoms with Crippen molar-refractivity contribution < 1.29 is 13.2 Å². The van der Waals surface area contributed by atoms with E-state index in [1.807, 2.05) is 0 Å². The molecule has 0 aromatic carbocycles. The van der Waals surface area contributed by atoms with E-state index < -0.39 is 10.0 Å². The van der Waals surface area contributed by atoms with Crippen molar-refractivity contribution >= 4 is 26.0 Å². The molecular formula is C7H14BrNO3S. The van der Waals surface area contributed by atoms with Crippen LogP contribution in [0, 0.1) is 0 Å². The Morgan fingerprint density at radius 2 is 2.23 bits per heavy atom. The van der Waals surface area contributed by atoms with Crippen molar-refractivity contribution in [1.29, 1.82) is 0 Å². The Labute approximate surface area is 87.2 Å². The van der Waals surface area contributed by atoms with Crippen molar-refractivity contribution in [2.75, 3.05) is 17.8 Å². The summed E-state index contributed by atoms with van der Waals surface area (Å²) in [5.41, 5.74) is 0. The van der Waals surface area contributed by atoms with Crippen LogP contribution < -0.4 is 4.72 Å². The van der Waals surface area contributed by atoms with Gasteiger partial charge in [0.25, 0.3) is 0 Å². The third kappa shape index (κ3) is 4.39. The van der Waals surface area contributed by atoms with Crippen molar-refractivity contribution in [3.05, 3.63) is 0 Å². The fraction of sp³-hybridized carbons (Fsp3) is 1.00. The highest BCUT2D eigenvalue weighted by Crippen LogP contribution is 2.11. The van der Waals surface area contributed by atoms with Crippen LogP contribution in [0.4, 0.5) is 0 Å². The maximum atomic E-state index is 11.0. The molecular weight excluding hydrogens is 258 g/mol. The summed E-state index contributed by atoms with van der Waals surface area (Å²) in [5.74, 6) is 0. The van der Waals surface area contributed by atoms with Gasteiger partial charge in [0, 0.05) is 13.2 Å². The Balaban J connectivity index is 2.25. The highest BCUT2D eigenvalue weighted by atomic mass is 79.9. The standard InChI is InChI=1S/C7H14BrNO3S/c8-6-13(10,11)9-5-7-3-1-2-4-12-7/h7,9H,1-6H2. The van der Waals surface area contributed by atoms with E-state index >= 15 is 0 Å². The summed E-state index contributed by atoms with van der Waals surface area (Å²) >= 11 is 2.90. The van der Waals surface area contributed by atoms with Gasteiger partial charge in [-0.2, -0.15) is 0 Å². The highest BCUT2D eigenvalue weighted by Gasteiger charge is 2.16. The molecule has 1 rings (SSSR count). The number of alkyl halides is 1. The van der Waals surface area contributed by atoms with Crippen LogP contribution in [0.3, 0.4) is 0 Å². The summed E-state index contributed by atoms with van der Waals surface area (Å²) in [6.45, 7) is 1.15. The van der Waals surface area contributed by atoms with Gasteiger partial charge >= 0.3 is 0 Å². The average molecular weight is 272 g/mol. The molecule has 0 aliphatic carbocycles. The monoisotopic (exact) mass is 271 g/mol. The molecule has 0 amide bonds. The largest absolute Gasteiger partial charge is 0.377 e. The van der Waals surface area contributed by atoms with Gasteiger partial charge in [-0.3, -0.25) is 0 Å². The molecule has 0 aromatic rings. The second kappa shape index (κ2) is 5.29. The first kappa shape index (κ1) is 11.4. The predicted molar refractivity (Wildman–Crippen MR) is 54.3 cm³/mol. The van der Waals surface area contributed by atoms with Crippen LogP contribution in [0.5, 0.6) is 0 Å². The molecule has 6 heteroatoms. The minimum Gasteiger partial charge on any atom is -0.377 e. The average Bonchev–Trinajstić information content (AvgIpc) is 2.17. The van der Waals surface area contributed by atoms with Crippen LogP contribution in [0.25, 0.3) is 0 Å². The predicted octanol–water partition coefficient (Wildman–Crippen LogP) is 0.827. The Kier molecular flexibility index (Phi) is 4.64. The number of hydrogen-bond donors (Lipinski definition) is 1. The van der Waals surface area contributed by atoms with Gasteiger partial charge in [0.1, 0.15) is 4.66 Å². The molecule has 1 aliphatic rings. The van der Waals surface area contributed by atoms with Crippen molar-refractivity contribution in [2.45, 2.75) is 25.4 Å². The Hall–Kier alpha value is 0.350. The lowest BCUT2D eigenvalue weighted by atomic mass is 10.1.